The number of hydrogen-bond acceptors (Lipinski definition) is 6. The van der Waals surface area contributed by atoms with E-state index in [9.17, 15) is 9.59 Å². The van der Waals surface area contributed by atoms with E-state index in [0.717, 1.165) is 11.0 Å². The molecule has 0 aliphatic heterocycles. The Kier molecular flexibility index (Phi) is 4.29. The van der Waals surface area contributed by atoms with Gasteiger partial charge < -0.3 is 15.6 Å². The maximum absolute atomic E-state index is 11.8. The smallest absolute Gasteiger partial charge is 0.227 e. The fourth-order valence-electron chi connectivity index (χ4n) is 2.05. The lowest BCUT2D eigenvalue weighted by molar-refractivity contribution is -0.119. The van der Waals surface area contributed by atoms with Crippen molar-refractivity contribution in [1.29, 1.82) is 0 Å². The van der Waals surface area contributed by atoms with E-state index in [2.05, 4.69) is 30.6 Å². The number of hydrogen-bond donors (Lipinski definition) is 3. The topological polar surface area (TPSA) is 113 Å². The number of aromatic nitrogens is 4. The van der Waals surface area contributed by atoms with Gasteiger partial charge in [0.25, 0.3) is 0 Å². The number of H-pyrrole nitrogens is 1. The highest BCUT2D eigenvalue weighted by Crippen LogP contribution is 2.27. The van der Waals surface area contributed by atoms with Gasteiger partial charge in [-0.05, 0) is 6.07 Å². The average molecular weight is 336 g/mol. The van der Waals surface area contributed by atoms with Crippen LogP contribution in [0, 0.1) is 0 Å². The number of amides is 2. The van der Waals surface area contributed by atoms with Crippen molar-refractivity contribution in [2.24, 2.45) is 0 Å². The van der Waals surface area contributed by atoms with Crippen LogP contribution < -0.4 is 10.6 Å². The maximum atomic E-state index is 11.8. The van der Waals surface area contributed by atoms with Crippen LogP contribution in [0.3, 0.4) is 0 Å². The van der Waals surface area contributed by atoms with Crippen LogP contribution in [0.1, 0.15) is 17.6 Å². The molecule has 23 heavy (non-hydrogen) atoms. The van der Waals surface area contributed by atoms with Crippen molar-refractivity contribution in [2.75, 3.05) is 11.9 Å². The summed E-state index contributed by atoms with van der Waals surface area (Å²) in [6.45, 7) is 1.71. The number of carbonyl (C=O) groups is 2. The number of nitrogens with zero attached hydrogens (tertiary/aromatic N) is 3. The van der Waals surface area contributed by atoms with Crippen molar-refractivity contribution in [3.8, 4) is 11.4 Å². The van der Waals surface area contributed by atoms with Gasteiger partial charge in [-0.3, -0.25) is 9.59 Å². The third-order valence-corrected chi connectivity index (χ3v) is 3.83. The van der Waals surface area contributed by atoms with Crippen molar-refractivity contribution in [1.82, 2.24) is 25.3 Å². The van der Waals surface area contributed by atoms with E-state index in [-0.39, 0.29) is 22.5 Å². The maximum Gasteiger partial charge on any atom is 0.227 e. The zero-order valence-electron chi connectivity index (χ0n) is 12.3. The van der Waals surface area contributed by atoms with E-state index in [1.165, 1.54) is 24.6 Å². The molecule has 3 aromatic heterocycles. The average Bonchev–Trinajstić information content (AvgIpc) is 3.15. The van der Waals surface area contributed by atoms with Gasteiger partial charge in [-0.1, -0.05) is 0 Å². The molecular weight excluding hydrogens is 316 g/mol. The van der Waals surface area contributed by atoms with Crippen LogP contribution in [0.15, 0.2) is 24.0 Å². The van der Waals surface area contributed by atoms with Gasteiger partial charge in [-0.25, -0.2) is 15.0 Å². The lowest BCUT2D eigenvalue weighted by Crippen LogP contribution is -2.25. The summed E-state index contributed by atoms with van der Waals surface area (Å²) in [6, 6.07) is 1.88. The highest BCUT2D eigenvalue weighted by molar-refractivity contribution is 7.14. The molecule has 3 N–H and O–H groups in total. The summed E-state index contributed by atoms with van der Waals surface area (Å²) >= 11 is 1.32. The number of thiazole rings is 1. The monoisotopic (exact) mass is 336 g/mol. The molecule has 3 heterocycles. The fourth-order valence-corrected chi connectivity index (χ4v) is 2.76. The summed E-state index contributed by atoms with van der Waals surface area (Å²) in [5, 5.41) is 8.49. The number of carbonyl (C=O) groups excluding carboxylic acids is 2. The predicted molar refractivity (Wildman–Crippen MR) is 93.3 cm³/mol. The van der Waals surface area contributed by atoms with Gasteiger partial charge in [0.05, 0.1) is 0 Å². The lowest BCUT2D eigenvalue weighted by atomic mass is 10.2. The third kappa shape index (κ3) is 3.51. The van der Waals surface area contributed by atoms with Crippen LogP contribution in [0.4, 0.5) is 5.13 Å². The molecule has 0 aliphatic carbocycles. The second-order valence-electron chi connectivity index (χ2n) is 4.78. The Hall–Kier alpha value is -2.81. The normalized spacial score (nSPS) is 10.7. The Balaban J connectivity index is 0.00000208. The van der Waals surface area contributed by atoms with E-state index in [4.69, 9.17) is 0 Å². The first-order valence-corrected chi connectivity index (χ1v) is 7.80. The van der Waals surface area contributed by atoms with Gasteiger partial charge >= 0.3 is 0 Å². The van der Waals surface area contributed by atoms with Crippen molar-refractivity contribution < 1.29 is 13.9 Å². The third-order valence-electron chi connectivity index (χ3n) is 3.07. The molecule has 0 radical (unpaired) electrons. The van der Waals surface area contributed by atoms with Crippen LogP contribution in [0.2, 0.25) is 0 Å². The molecule has 0 saturated carbocycles. The van der Waals surface area contributed by atoms with E-state index in [1.54, 1.807) is 6.20 Å². The molecule has 3 rings (SSSR count). The van der Waals surface area contributed by atoms with Gasteiger partial charge in [-0.2, -0.15) is 0 Å². The first-order chi connectivity index (χ1) is 11.1. The number of rotatable bonds is 5. The Bertz CT molecular complexity index is 869. The van der Waals surface area contributed by atoms with Crippen LogP contribution in [0.25, 0.3) is 22.4 Å². The molecule has 0 aliphatic rings. The van der Waals surface area contributed by atoms with Gasteiger partial charge in [-0.15, -0.1) is 11.3 Å². The Morgan fingerprint density at radius 1 is 1.39 bits per heavy atom. The van der Waals surface area contributed by atoms with Gasteiger partial charge in [0, 0.05) is 41.1 Å². The van der Waals surface area contributed by atoms with Gasteiger partial charge in [0.1, 0.15) is 23.4 Å². The molecule has 0 fully saturated rings. The molecule has 2 amide bonds. The van der Waals surface area contributed by atoms with E-state index in [1.807, 2.05) is 11.4 Å². The van der Waals surface area contributed by atoms with E-state index in [0.29, 0.717) is 23.1 Å². The van der Waals surface area contributed by atoms with E-state index < -0.39 is 0 Å². The molecule has 9 heteroatoms. The van der Waals surface area contributed by atoms with Crippen molar-refractivity contribution in [2.45, 2.75) is 13.3 Å². The second kappa shape index (κ2) is 6.53. The van der Waals surface area contributed by atoms with Crippen molar-refractivity contribution in [3.05, 3.63) is 24.0 Å². The van der Waals surface area contributed by atoms with Crippen molar-refractivity contribution >= 4 is 39.3 Å². The summed E-state index contributed by atoms with van der Waals surface area (Å²) in [4.78, 5) is 38.4. The summed E-state index contributed by atoms with van der Waals surface area (Å²) in [5.41, 5.74) is 2.13. The molecular formula is C14H20N6O2S. The zero-order valence-corrected chi connectivity index (χ0v) is 13.1. The Morgan fingerprint density at radius 2 is 2.26 bits per heavy atom. The number of nitrogens with one attached hydrogen (secondary N) is 3. The summed E-state index contributed by atoms with van der Waals surface area (Å²) in [6.07, 6.45) is 3.46. The standard InChI is InChI=1S/C14H14N6O2S.3H2/c1-8(21)15-5-3-11(22)20-14-19-10(6-23-14)12-9-2-4-16-13(9)18-7-17-12;;;/h2,4,6-7H,3,5H2,1H3,(H,15,21)(H,16,17,18)(H,19,20,22);3*1H. The quantitative estimate of drug-likeness (QED) is 0.661. The summed E-state index contributed by atoms with van der Waals surface area (Å²) in [7, 11) is 0. The first-order valence-electron chi connectivity index (χ1n) is 6.92. The SMILES string of the molecule is CC(=O)NCCC(=O)Nc1nc(-c2ncnc3[nH]ccc23)cs1.[HH].[HH].[HH]. The largest absolute Gasteiger partial charge is 0.356 e. The Labute approximate surface area is 139 Å². The molecule has 0 bridgehead atoms. The molecule has 0 unspecified atom stereocenters. The van der Waals surface area contributed by atoms with Gasteiger partial charge in [0.2, 0.25) is 11.8 Å². The Morgan fingerprint density at radius 3 is 3.09 bits per heavy atom. The molecule has 3 aromatic rings. The van der Waals surface area contributed by atoms with Crippen LogP contribution in [-0.2, 0) is 9.59 Å². The molecule has 0 aromatic carbocycles. The molecule has 124 valence electrons. The highest BCUT2D eigenvalue weighted by Gasteiger charge is 2.12. The van der Waals surface area contributed by atoms with E-state index >= 15 is 0 Å². The molecule has 0 spiro atoms. The van der Waals surface area contributed by atoms with Crippen LogP contribution in [0.5, 0.6) is 0 Å². The lowest BCUT2D eigenvalue weighted by Gasteiger charge is -2.02. The summed E-state index contributed by atoms with van der Waals surface area (Å²) < 4.78 is 0. The summed E-state index contributed by atoms with van der Waals surface area (Å²) in [5.74, 6) is -0.359. The second-order valence-corrected chi connectivity index (χ2v) is 5.64. The predicted octanol–water partition coefficient (Wildman–Crippen LogP) is 2.28. The molecule has 0 atom stereocenters. The number of anilines is 1. The first kappa shape index (κ1) is 15.1. The molecule has 8 nitrogen and oxygen atoms in total. The highest BCUT2D eigenvalue weighted by atomic mass is 32.1. The number of aromatic amines is 1. The van der Waals surface area contributed by atoms with Crippen LogP contribution in [-0.4, -0.2) is 38.3 Å². The fraction of sp³-hybridized carbons (Fsp3) is 0.214. The minimum Gasteiger partial charge on any atom is -0.356 e. The van der Waals surface area contributed by atoms with Crippen LogP contribution >= 0.6 is 11.3 Å². The molecule has 0 saturated heterocycles. The minimum absolute atomic E-state index is 0. The minimum atomic E-state index is -0.200. The van der Waals surface area contributed by atoms with Crippen molar-refractivity contribution in [3.63, 3.8) is 0 Å². The number of fused-ring (bicyclic) bond motifs is 1. The zero-order chi connectivity index (χ0) is 16.2. The van der Waals surface area contributed by atoms with Gasteiger partial charge in [0.15, 0.2) is 5.13 Å².